The number of nitrogens with one attached hydrogen (secondary N) is 2. The Balaban J connectivity index is 1.91. The van der Waals surface area contributed by atoms with Crippen LogP contribution in [0, 0.1) is 11.3 Å². The van der Waals surface area contributed by atoms with Crippen molar-refractivity contribution < 1.29 is 9.53 Å². The van der Waals surface area contributed by atoms with E-state index in [1.165, 1.54) is 0 Å². The van der Waals surface area contributed by atoms with Crippen molar-refractivity contribution in [1.29, 1.82) is 0 Å². The van der Waals surface area contributed by atoms with Crippen LogP contribution in [0.3, 0.4) is 0 Å². The number of methoxy groups -OCH3 is 1. The molecule has 2 N–H and O–H groups in total. The van der Waals surface area contributed by atoms with Crippen molar-refractivity contribution in [2.24, 2.45) is 11.3 Å². The standard InChI is InChI=1S/C13H24N2O2/c1-12(2)10(7-13(12,3)17-4)15-11(16)9-5-6-14-8-9/h9-10,14H,5-8H2,1-4H3,(H,15,16)/t9-,10+,13-/m1/s1. The Labute approximate surface area is 103 Å². The Morgan fingerprint density at radius 2 is 2.12 bits per heavy atom. The quantitative estimate of drug-likeness (QED) is 0.771. The second kappa shape index (κ2) is 4.25. The molecule has 1 saturated carbocycles. The molecule has 98 valence electrons. The molecule has 0 bridgehead atoms. The number of hydrogen-bond acceptors (Lipinski definition) is 3. The van der Waals surface area contributed by atoms with Crippen LogP contribution in [0.1, 0.15) is 33.6 Å². The zero-order valence-electron chi connectivity index (χ0n) is 11.3. The maximum atomic E-state index is 12.0. The molecular weight excluding hydrogens is 216 g/mol. The lowest BCUT2D eigenvalue weighted by molar-refractivity contribution is -0.183. The van der Waals surface area contributed by atoms with Gasteiger partial charge < -0.3 is 15.4 Å². The summed E-state index contributed by atoms with van der Waals surface area (Å²) in [4.78, 5) is 12.0. The van der Waals surface area contributed by atoms with Crippen LogP contribution >= 0.6 is 0 Å². The largest absolute Gasteiger partial charge is 0.378 e. The Bertz CT molecular complexity index is 311. The van der Waals surface area contributed by atoms with Gasteiger partial charge in [-0.25, -0.2) is 0 Å². The van der Waals surface area contributed by atoms with Crippen LogP contribution in [0.5, 0.6) is 0 Å². The first-order chi connectivity index (χ1) is 7.90. The van der Waals surface area contributed by atoms with E-state index in [1.807, 2.05) is 0 Å². The van der Waals surface area contributed by atoms with Crippen molar-refractivity contribution in [3.63, 3.8) is 0 Å². The second-order valence-electron chi connectivity index (χ2n) is 6.11. The summed E-state index contributed by atoms with van der Waals surface area (Å²) >= 11 is 0. The van der Waals surface area contributed by atoms with Crippen molar-refractivity contribution in [2.45, 2.75) is 45.3 Å². The van der Waals surface area contributed by atoms with Crippen LogP contribution in [0.2, 0.25) is 0 Å². The predicted octanol–water partition coefficient (Wildman–Crippen LogP) is 0.916. The molecule has 0 spiro atoms. The van der Waals surface area contributed by atoms with Crippen molar-refractivity contribution in [1.82, 2.24) is 10.6 Å². The van der Waals surface area contributed by atoms with Crippen LogP contribution in [-0.4, -0.2) is 37.7 Å². The topological polar surface area (TPSA) is 50.4 Å². The number of carbonyl (C=O) groups is 1. The predicted molar refractivity (Wildman–Crippen MR) is 66.7 cm³/mol. The van der Waals surface area contributed by atoms with Gasteiger partial charge in [0.05, 0.1) is 11.5 Å². The molecule has 0 aromatic carbocycles. The van der Waals surface area contributed by atoms with Crippen LogP contribution < -0.4 is 10.6 Å². The van der Waals surface area contributed by atoms with E-state index in [0.717, 1.165) is 25.9 Å². The fourth-order valence-electron chi connectivity index (χ4n) is 2.89. The van der Waals surface area contributed by atoms with Gasteiger partial charge in [0.2, 0.25) is 5.91 Å². The first-order valence-corrected chi connectivity index (χ1v) is 6.47. The lowest BCUT2D eigenvalue weighted by Gasteiger charge is -2.59. The van der Waals surface area contributed by atoms with Gasteiger partial charge in [0.25, 0.3) is 0 Å². The molecule has 4 nitrogen and oxygen atoms in total. The van der Waals surface area contributed by atoms with E-state index in [2.05, 4.69) is 31.4 Å². The number of carbonyl (C=O) groups excluding carboxylic acids is 1. The third-order valence-electron chi connectivity index (χ3n) is 5.03. The summed E-state index contributed by atoms with van der Waals surface area (Å²) in [5, 5.41) is 6.40. The number of amides is 1. The summed E-state index contributed by atoms with van der Waals surface area (Å²) in [6.07, 6.45) is 1.86. The van der Waals surface area contributed by atoms with Gasteiger partial charge in [-0.1, -0.05) is 13.8 Å². The molecule has 0 aromatic heterocycles. The Hall–Kier alpha value is -0.610. The molecule has 1 saturated heterocycles. The van der Waals surface area contributed by atoms with Crippen LogP contribution in [-0.2, 0) is 9.53 Å². The van der Waals surface area contributed by atoms with Gasteiger partial charge in [-0.05, 0) is 26.3 Å². The molecule has 4 heteroatoms. The van der Waals surface area contributed by atoms with Crippen LogP contribution in [0.4, 0.5) is 0 Å². The molecule has 1 aliphatic heterocycles. The van der Waals surface area contributed by atoms with Gasteiger partial charge >= 0.3 is 0 Å². The van der Waals surface area contributed by atoms with Crippen LogP contribution in [0.25, 0.3) is 0 Å². The first-order valence-electron chi connectivity index (χ1n) is 6.47. The summed E-state index contributed by atoms with van der Waals surface area (Å²) < 4.78 is 5.56. The van der Waals surface area contributed by atoms with E-state index in [9.17, 15) is 4.79 Å². The molecule has 1 amide bonds. The number of hydrogen-bond donors (Lipinski definition) is 2. The third-order valence-corrected chi connectivity index (χ3v) is 5.03. The molecule has 2 rings (SSSR count). The van der Waals surface area contributed by atoms with E-state index in [4.69, 9.17) is 4.74 Å². The minimum Gasteiger partial charge on any atom is -0.378 e. The minimum atomic E-state index is -0.112. The van der Waals surface area contributed by atoms with Gasteiger partial charge in [0.1, 0.15) is 0 Å². The fourth-order valence-corrected chi connectivity index (χ4v) is 2.89. The van der Waals surface area contributed by atoms with Crippen molar-refractivity contribution in [3.05, 3.63) is 0 Å². The summed E-state index contributed by atoms with van der Waals surface area (Å²) in [5.41, 5.74) is -0.109. The maximum absolute atomic E-state index is 12.0. The Morgan fingerprint density at radius 1 is 1.41 bits per heavy atom. The number of rotatable bonds is 3. The van der Waals surface area contributed by atoms with E-state index in [1.54, 1.807) is 7.11 Å². The molecule has 2 aliphatic rings. The lowest BCUT2D eigenvalue weighted by atomic mass is 9.55. The summed E-state index contributed by atoms with van der Waals surface area (Å²) in [7, 11) is 1.75. The monoisotopic (exact) mass is 240 g/mol. The van der Waals surface area contributed by atoms with Gasteiger partial charge in [-0.15, -0.1) is 0 Å². The van der Waals surface area contributed by atoms with Gasteiger partial charge in [0.15, 0.2) is 0 Å². The average molecular weight is 240 g/mol. The Morgan fingerprint density at radius 3 is 2.59 bits per heavy atom. The summed E-state index contributed by atoms with van der Waals surface area (Å²) in [6, 6.07) is 0.237. The lowest BCUT2D eigenvalue weighted by Crippen LogP contribution is -2.69. The molecule has 1 aliphatic carbocycles. The average Bonchev–Trinajstić information content (AvgIpc) is 2.81. The SMILES string of the molecule is CO[C@]1(C)C[C@H](NC(=O)[C@@H]2CCNC2)C1(C)C. The van der Waals surface area contributed by atoms with Gasteiger partial charge in [-0.2, -0.15) is 0 Å². The smallest absolute Gasteiger partial charge is 0.224 e. The molecule has 17 heavy (non-hydrogen) atoms. The Kier molecular flexibility index (Phi) is 3.21. The molecule has 1 heterocycles. The van der Waals surface area contributed by atoms with Gasteiger partial charge in [-0.3, -0.25) is 4.79 Å². The zero-order valence-corrected chi connectivity index (χ0v) is 11.3. The highest BCUT2D eigenvalue weighted by atomic mass is 16.5. The molecule has 0 radical (unpaired) electrons. The first kappa shape index (κ1) is 12.8. The maximum Gasteiger partial charge on any atom is 0.224 e. The third kappa shape index (κ3) is 1.97. The second-order valence-corrected chi connectivity index (χ2v) is 6.11. The normalized spacial score (nSPS) is 39.8. The molecular formula is C13H24N2O2. The highest BCUT2D eigenvalue weighted by Crippen LogP contribution is 2.51. The van der Waals surface area contributed by atoms with Gasteiger partial charge in [0, 0.05) is 25.1 Å². The van der Waals surface area contributed by atoms with Crippen LogP contribution in [0.15, 0.2) is 0 Å². The van der Waals surface area contributed by atoms with Crippen molar-refractivity contribution in [3.8, 4) is 0 Å². The molecule has 3 atom stereocenters. The van der Waals surface area contributed by atoms with E-state index < -0.39 is 0 Å². The molecule has 2 fully saturated rings. The van der Waals surface area contributed by atoms with Crippen molar-refractivity contribution in [2.75, 3.05) is 20.2 Å². The molecule has 0 aromatic rings. The fraction of sp³-hybridized carbons (Fsp3) is 0.923. The van der Waals surface area contributed by atoms with Crippen molar-refractivity contribution >= 4 is 5.91 Å². The van der Waals surface area contributed by atoms with E-state index in [-0.39, 0.29) is 28.9 Å². The van der Waals surface area contributed by atoms with E-state index >= 15 is 0 Å². The summed E-state index contributed by atoms with van der Waals surface area (Å²) in [6.45, 7) is 8.23. The highest BCUT2D eigenvalue weighted by molar-refractivity contribution is 5.79. The highest BCUT2D eigenvalue weighted by Gasteiger charge is 2.58. The zero-order chi connectivity index (χ0) is 12.7. The summed E-state index contributed by atoms with van der Waals surface area (Å²) in [5.74, 6) is 0.353. The number of ether oxygens (including phenoxy) is 1. The molecule has 0 unspecified atom stereocenters. The minimum absolute atomic E-state index is 0.00342. The van der Waals surface area contributed by atoms with E-state index in [0.29, 0.717) is 0 Å².